The van der Waals surface area contributed by atoms with E-state index in [1.54, 1.807) is 0 Å². The Morgan fingerprint density at radius 3 is 2.47 bits per heavy atom. The summed E-state index contributed by atoms with van der Waals surface area (Å²) in [6, 6.07) is 1.91. The summed E-state index contributed by atoms with van der Waals surface area (Å²) in [5.74, 6) is -2.95. The number of rotatable bonds is 1. The Morgan fingerprint density at radius 1 is 1.29 bits per heavy atom. The summed E-state index contributed by atoms with van der Waals surface area (Å²) in [7, 11) is 0. The molecule has 0 radical (unpaired) electrons. The van der Waals surface area contributed by atoms with Crippen LogP contribution in [0.1, 0.15) is 16.1 Å². The van der Waals surface area contributed by atoms with Crippen LogP contribution < -0.4 is 5.11 Å². The zero-order chi connectivity index (χ0) is 12.8. The second kappa shape index (κ2) is 3.41. The number of carbonyl (C=O) groups is 1. The molecule has 0 fully saturated rings. The van der Waals surface area contributed by atoms with Gasteiger partial charge in [0.2, 0.25) is 5.76 Å². The standard InChI is InChI=1S/C10H5F3O4/c11-10(12,13)4-1-6(14)5-3-8(9(15)16)17-7(5)2-4/h1-3,14H,(H,15,16)/p-1. The van der Waals surface area contributed by atoms with Crippen LogP contribution in [0.5, 0.6) is 5.75 Å². The van der Waals surface area contributed by atoms with Gasteiger partial charge in [0, 0.05) is 5.39 Å². The number of hydrogen-bond donors (Lipinski definition) is 1. The van der Waals surface area contributed by atoms with Gasteiger partial charge < -0.3 is 14.6 Å². The molecule has 0 atom stereocenters. The first-order chi connectivity index (χ1) is 7.79. The minimum absolute atomic E-state index is 0.185. The second-order valence-electron chi connectivity index (χ2n) is 3.30. The van der Waals surface area contributed by atoms with E-state index in [9.17, 15) is 23.1 Å². The SMILES string of the molecule is O=C(O)c1cc2c([O-])cc(C(F)(F)F)cc2o1. The van der Waals surface area contributed by atoms with E-state index in [0.29, 0.717) is 12.1 Å². The molecule has 1 heterocycles. The molecule has 2 rings (SSSR count). The Bertz CT molecular complexity index is 597. The van der Waals surface area contributed by atoms with Crippen molar-refractivity contribution in [3.8, 4) is 5.75 Å². The minimum Gasteiger partial charge on any atom is -0.872 e. The second-order valence-corrected chi connectivity index (χ2v) is 3.30. The molecule has 1 aromatic heterocycles. The van der Waals surface area contributed by atoms with E-state index >= 15 is 0 Å². The number of aromatic carboxylic acids is 1. The van der Waals surface area contributed by atoms with Crippen LogP contribution in [0.25, 0.3) is 11.0 Å². The first-order valence-electron chi connectivity index (χ1n) is 4.34. The third-order valence-electron chi connectivity index (χ3n) is 2.14. The zero-order valence-corrected chi connectivity index (χ0v) is 8.04. The summed E-state index contributed by atoms with van der Waals surface area (Å²) in [5, 5.41) is 19.7. The van der Waals surface area contributed by atoms with Crippen LogP contribution in [0.3, 0.4) is 0 Å². The number of alkyl halides is 3. The van der Waals surface area contributed by atoms with Crippen LogP contribution in [0.4, 0.5) is 13.2 Å². The maximum absolute atomic E-state index is 12.4. The predicted octanol–water partition coefficient (Wildman–Crippen LogP) is 2.22. The molecule has 0 saturated heterocycles. The quantitative estimate of drug-likeness (QED) is 0.835. The van der Waals surface area contributed by atoms with Crippen LogP contribution in [-0.4, -0.2) is 11.1 Å². The molecule has 1 aromatic carbocycles. The van der Waals surface area contributed by atoms with Gasteiger partial charge >= 0.3 is 12.1 Å². The Morgan fingerprint density at radius 2 is 1.94 bits per heavy atom. The van der Waals surface area contributed by atoms with Gasteiger partial charge in [0.05, 0.1) is 5.56 Å². The summed E-state index contributed by atoms with van der Waals surface area (Å²) in [4.78, 5) is 10.5. The van der Waals surface area contributed by atoms with E-state index in [2.05, 4.69) is 4.42 Å². The summed E-state index contributed by atoms with van der Waals surface area (Å²) in [6.45, 7) is 0. The van der Waals surface area contributed by atoms with E-state index in [1.807, 2.05) is 0 Å². The van der Waals surface area contributed by atoms with Crippen LogP contribution in [-0.2, 0) is 6.18 Å². The van der Waals surface area contributed by atoms with Crippen molar-refractivity contribution in [1.82, 2.24) is 0 Å². The molecular formula is C10H4F3O4-. The van der Waals surface area contributed by atoms with Gasteiger partial charge in [-0.05, 0) is 12.1 Å². The van der Waals surface area contributed by atoms with Crippen LogP contribution in [0.2, 0.25) is 0 Å². The summed E-state index contributed by atoms with van der Waals surface area (Å²) in [5.41, 5.74) is -1.55. The Balaban J connectivity index is 2.69. The Kier molecular flexibility index (Phi) is 2.27. The lowest BCUT2D eigenvalue weighted by Crippen LogP contribution is -2.05. The van der Waals surface area contributed by atoms with Crippen molar-refractivity contribution in [2.45, 2.75) is 6.18 Å². The number of carboxylic acid groups (broad SMARTS) is 1. The van der Waals surface area contributed by atoms with E-state index in [-0.39, 0.29) is 11.0 Å². The molecule has 0 aliphatic carbocycles. The molecule has 0 bridgehead atoms. The van der Waals surface area contributed by atoms with Crippen LogP contribution >= 0.6 is 0 Å². The molecule has 7 heteroatoms. The fourth-order valence-electron chi connectivity index (χ4n) is 1.38. The van der Waals surface area contributed by atoms with Crippen molar-refractivity contribution in [2.75, 3.05) is 0 Å². The highest BCUT2D eigenvalue weighted by Crippen LogP contribution is 2.36. The summed E-state index contributed by atoms with van der Waals surface area (Å²) < 4.78 is 41.7. The van der Waals surface area contributed by atoms with Gasteiger partial charge in [0.15, 0.2) is 0 Å². The highest BCUT2D eigenvalue weighted by molar-refractivity contribution is 5.93. The maximum atomic E-state index is 12.4. The zero-order valence-electron chi connectivity index (χ0n) is 8.04. The Hall–Kier alpha value is -2.18. The molecular weight excluding hydrogens is 241 g/mol. The van der Waals surface area contributed by atoms with E-state index in [4.69, 9.17) is 5.11 Å². The van der Waals surface area contributed by atoms with Gasteiger partial charge in [0.25, 0.3) is 0 Å². The lowest BCUT2D eigenvalue weighted by molar-refractivity contribution is -0.266. The monoisotopic (exact) mass is 245 g/mol. The average Bonchev–Trinajstić information content (AvgIpc) is 2.60. The highest BCUT2D eigenvalue weighted by atomic mass is 19.4. The number of fused-ring (bicyclic) bond motifs is 1. The predicted molar refractivity (Wildman–Crippen MR) is 47.6 cm³/mol. The molecule has 0 unspecified atom stereocenters. The molecule has 4 nitrogen and oxygen atoms in total. The molecule has 17 heavy (non-hydrogen) atoms. The van der Waals surface area contributed by atoms with Gasteiger partial charge in [-0.3, -0.25) is 0 Å². The number of benzene rings is 1. The Labute approximate surface area is 91.9 Å². The fraction of sp³-hybridized carbons (Fsp3) is 0.100. The summed E-state index contributed by atoms with van der Waals surface area (Å²) in [6.07, 6.45) is -4.68. The number of halogens is 3. The smallest absolute Gasteiger partial charge is 0.416 e. The van der Waals surface area contributed by atoms with E-state index in [1.165, 1.54) is 0 Å². The average molecular weight is 245 g/mol. The highest BCUT2D eigenvalue weighted by Gasteiger charge is 2.31. The third kappa shape index (κ3) is 1.91. The molecule has 0 amide bonds. The number of carboxylic acids is 1. The van der Waals surface area contributed by atoms with Crippen molar-refractivity contribution in [3.05, 3.63) is 29.5 Å². The summed E-state index contributed by atoms with van der Waals surface area (Å²) >= 11 is 0. The van der Waals surface area contributed by atoms with Gasteiger partial charge in [-0.15, -0.1) is 0 Å². The van der Waals surface area contributed by atoms with Gasteiger partial charge in [-0.2, -0.15) is 13.2 Å². The van der Waals surface area contributed by atoms with Crippen molar-refractivity contribution in [1.29, 1.82) is 0 Å². The van der Waals surface area contributed by atoms with Crippen LogP contribution in [0.15, 0.2) is 22.6 Å². The molecule has 0 aliphatic heterocycles. The topological polar surface area (TPSA) is 73.5 Å². The fourth-order valence-corrected chi connectivity index (χ4v) is 1.38. The van der Waals surface area contributed by atoms with Crippen LogP contribution in [0, 0.1) is 0 Å². The van der Waals surface area contributed by atoms with E-state index in [0.717, 1.165) is 6.07 Å². The molecule has 90 valence electrons. The lowest BCUT2D eigenvalue weighted by atomic mass is 10.1. The number of furan rings is 1. The normalized spacial score (nSPS) is 11.9. The van der Waals surface area contributed by atoms with E-state index < -0.39 is 29.2 Å². The maximum Gasteiger partial charge on any atom is 0.416 e. The molecule has 2 aromatic rings. The van der Waals surface area contributed by atoms with Crippen molar-refractivity contribution < 1.29 is 32.6 Å². The van der Waals surface area contributed by atoms with Gasteiger partial charge in [-0.25, -0.2) is 4.79 Å². The first kappa shape index (κ1) is 11.3. The number of hydrogen-bond acceptors (Lipinski definition) is 3. The van der Waals surface area contributed by atoms with Gasteiger partial charge in [0.1, 0.15) is 5.58 Å². The van der Waals surface area contributed by atoms with Gasteiger partial charge in [-0.1, -0.05) is 11.8 Å². The molecule has 0 saturated carbocycles. The molecule has 0 aliphatic rings. The molecule has 0 spiro atoms. The third-order valence-corrected chi connectivity index (χ3v) is 2.14. The lowest BCUT2D eigenvalue weighted by Gasteiger charge is -2.11. The van der Waals surface area contributed by atoms with Crippen molar-refractivity contribution in [2.24, 2.45) is 0 Å². The van der Waals surface area contributed by atoms with Crippen molar-refractivity contribution in [3.63, 3.8) is 0 Å². The first-order valence-corrected chi connectivity index (χ1v) is 4.34. The minimum atomic E-state index is -4.68. The molecule has 1 N–H and O–H groups in total. The van der Waals surface area contributed by atoms with Crippen molar-refractivity contribution >= 4 is 16.9 Å². The largest absolute Gasteiger partial charge is 0.872 e.